The van der Waals surface area contributed by atoms with Crippen LogP contribution in [0.5, 0.6) is 5.75 Å². The number of carbonyl (C=O) groups is 1. The van der Waals surface area contributed by atoms with Crippen molar-refractivity contribution in [3.05, 3.63) is 53.6 Å². The van der Waals surface area contributed by atoms with E-state index in [0.29, 0.717) is 26.2 Å². The highest BCUT2D eigenvalue weighted by atomic mass is 16.5. The van der Waals surface area contributed by atoms with Gasteiger partial charge in [-0.25, -0.2) is 4.79 Å². The highest BCUT2D eigenvalue weighted by Gasteiger charge is 2.12. The summed E-state index contributed by atoms with van der Waals surface area (Å²) >= 11 is 0. The molecular formula is C19H26N4O2. The molecule has 0 aliphatic carbocycles. The molecule has 2 amide bonds. The van der Waals surface area contributed by atoms with Crippen LogP contribution in [0.4, 0.5) is 4.79 Å². The first-order valence-electron chi connectivity index (χ1n) is 8.65. The first-order valence-corrected chi connectivity index (χ1v) is 8.65. The highest BCUT2D eigenvalue weighted by Crippen LogP contribution is 2.18. The van der Waals surface area contributed by atoms with E-state index in [-0.39, 0.29) is 6.03 Å². The van der Waals surface area contributed by atoms with Crippen LogP contribution in [0.25, 0.3) is 0 Å². The van der Waals surface area contributed by atoms with Gasteiger partial charge in [-0.1, -0.05) is 25.1 Å². The van der Waals surface area contributed by atoms with Crippen LogP contribution in [0.3, 0.4) is 0 Å². The standard InChI is InChI=1S/C19H26N4O2/c1-4-16-8-6-7-9-18(16)25-11-10-23(5-2)19(24)22-14-17-13-20-15(3)12-21-17/h6-9,12-13H,4-5,10-11,14H2,1-3H3,(H,22,24). The lowest BCUT2D eigenvalue weighted by atomic mass is 10.1. The molecule has 0 spiro atoms. The minimum absolute atomic E-state index is 0.128. The van der Waals surface area contributed by atoms with E-state index in [4.69, 9.17) is 4.74 Å². The maximum absolute atomic E-state index is 12.3. The Hall–Kier alpha value is -2.63. The van der Waals surface area contributed by atoms with Crippen LogP contribution >= 0.6 is 0 Å². The second kappa shape index (κ2) is 9.61. The molecule has 134 valence electrons. The Morgan fingerprint density at radius 1 is 1.20 bits per heavy atom. The van der Waals surface area contributed by atoms with E-state index in [0.717, 1.165) is 23.6 Å². The Bertz CT molecular complexity index is 673. The summed E-state index contributed by atoms with van der Waals surface area (Å²) in [5.41, 5.74) is 2.77. The van der Waals surface area contributed by atoms with Gasteiger partial charge in [0.05, 0.1) is 30.7 Å². The first kappa shape index (κ1) is 18.7. The van der Waals surface area contributed by atoms with Crippen molar-refractivity contribution in [2.75, 3.05) is 19.7 Å². The number of ether oxygens (including phenoxy) is 1. The lowest BCUT2D eigenvalue weighted by molar-refractivity contribution is 0.185. The SMILES string of the molecule is CCc1ccccc1OCCN(CC)C(=O)NCc1cnc(C)cn1. The fraction of sp³-hybridized carbons (Fsp3) is 0.421. The molecule has 0 unspecified atom stereocenters. The second-order valence-electron chi connectivity index (χ2n) is 5.70. The van der Waals surface area contributed by atoms with Gasteiger partial charge < -0.3 is 15.0 Å². The summed E-state index contributed by atoms with van der Waals surface area (Å²) in [5.74, 6) is 0.886. The zero-order valence-electron chi connectivity index (χ0n) is 15.2. The van der Waals surface area contributed by atoms with Crippen molar-refractivity contribution in [3.63, 3.8) is 0 Å². The van der Waals surface area contributed by atoms with Crippen LogP contribution in [-0.4, -0.2) is 40.6 Å². The Kier molecular flexibility index (Phi) is 7.19. The van der Waals surface area contributed by atoms with Gasteiger partial charge in [0, 0.05) is 12.7 Å². The van der Waals surface area contributed by atoms with E-state index in [9.17, 15) is 4.79 Å². The Balaban J connectivity index is 1.80. The quantitative estimate of drug-likeness (QED) is 0.801. The number of nitrogens with zero attached hydrogens (tertiary/aromatic N) is 3. The monoisotopic (exact) mass is 342 g/mol. The number of para-hydroxylation sites is 1. The molecule has 2 rings (SSSR count). The van der Waals surface area contributed by atoms with Crippen molar-refractivity contribution in [1.82, 2.24) is 20.2 Å². The molecule has 0 aliphatic heterocycles. The smallest absolute Gasteiger partial charge is 0.317 e. The number of likely N-dealkylation sites (N-methyl/N-ethyl adjacent to an activating group) is 1. The van der Waals surface area contributed by atoms with Crippen LogP contribution in [0.15, 0.2) is 36.7 Å². The summed E-state index contributed by atoms with van der Waals surface area (Å²) in [6.07, 6.45) is 4.29. The third-order valence-corrected chi connectivity index (χ3v) is 3.90. The molecule has 2 aromatic rings. The number of nitrogens with one attached hydrogen (secondary N) is 1. The average molecular weight is 342 g/mol. The highest BCUT2D eigenvalue weighted by molar-refractivity contribution is 5.74. The van der Waals surface area contributed by atoms with Gasteiger partial charge in [-0.05, 0) is 31.9 Å². The van der Waals surface area contributed by atoms with E-state index in [1.165, 1.54) is 5.56 Å². The summed E-state index contributed by atoms with van der Waals surface area (Å²) in [6.45, 7) is 7.90. The van der Waals surface area contributed by atoms with Gasteiger partial charge >= 0.3 is 6.03 Å². The van der Waals surface area contributed by atoms with Crippen LogP contribution in [0, 0.1) is 6.92 Å². The average Bonchev–Trinajstić information content (AvgIpc) is 2.65. The molecule has 0 saturated carbocycles. The maximum Gasteiger partial charge on any atom is 0.317 e. The lowest BCUT2D eigenvalue weighted by Crippen LogP contribution is -2.41. The summed E-state index contributed by atoms with van der Waals surface area (Å²) < 4.78 is 5.84. The number of benzene rings is 1. The van der Waals surface area contributed by atoms with Crippen molar-refractivity contribution in [1.29, 1.82) is 0 Å². The number of rotatable bonds is 8. The van der Waals surface area contributed by atoms with Gasteiger partial charge in [0.1, 0.15) is 12.4 Å². The lowest BCUT2D eigenvalue weighted by Gasteiger charge is -2.21. The van der Waals surface area contributed by atoms with E-state index in [2.05, 4.69) is 28.3 Å². The summed E-state index contributed by atoms with van der Waals surface area (Å²) in [4.78, 5) is 22.4. The van der Waals surface area contributed by atoms with Crippen LogP contribution < -0.4 is 10.1 Å². The van der Waals surface area contributed by atoms with Gasteiger partial charge in [0.15, 0.2) is 0 Å². The van der Waals surface area contributed by atoms with E-state index >= 15 is 0 Å². The fourth-order valence-corrected chi connectivity index (χ4v) is 2.39. The normalized spacial score (nSPS) is 10.4. The number of hydrogen-bond acceptors (Lipinski definition) is 4. The molecule has 0 bridgehead atoms. The third kappa shape index (κ3) is 5.74. The van der Waals surface area contributed by atoms with Crippen LogP contribution in [0.2, 0.25) is 0 Å². The summed E-state index contributed by atoms with van der Waals surface area (Å²) in [7, 11) is 0. The van der Waals surface area contributed by atoms with Crippen molar-refractivity contribution in [2.45, 2.75) is 33.7 Å². The molecule has 0 radical (unpaired) electrons. The van der Waals surface area contributed by atoms with E-state index in [1.54, 1.807) is 17.3 Å². The Labute approximate surface area is 149 Å². The zero-order chi connectivity index (χ0) is 18.1. The van der Waals surface area contributed by atoms with Crippen molar-refractivity contribution in [2.24, 2.45) is 0 Å². The minimum Gasteiger partial charge on any atom is -0.491 e. The van der Waals surface area contributed by atoms with Crippen molar-refractivity contribution in [3.8, 4) is 5.75 Å². The van der Waals surface area contributed by atoms with Gasteiger partial charge in [0.25, 0.3) is 0 Å². The summed E-state index contributed by atoms with van der Waals surface area (Å²) in [5, 5.41) is 2.87. The first-order chi connectivity index (χ1) is 12.1. The molecule has 0 fully saturated rings. The van der Waals surface area contributed by atoms with Crippen molar-refractivity contribution < 1.29 is 9.53 Å². The van der Waals surface area contributed by atoms with Crippen LogP contribution in [-0.2, 0) is 13.0 Å². The van der Waals surface area contributed by atoms with Gasteiger partial charge in [-0.2, -0.15) is 0 Å². The van der Waals surface area contributed by atoms with E-state index in [1.807, 2.05) is 32.0 Å². The van der Waals surface area contributed by atoms with E-state index < -0.39 is 0 Å². The van der Waals surface area contributed by atoms with Gasteiger partial charge in [0.2, 0.25) is 0 Å². The molecule has 6 nitrogen and oxygen atoms in total. The minimum atomic E-state index is -0.128. The molecule has 25 heavy (non-hydrogen) atoms. The predicted molar refractivity (Wildman–Crippen MR) is 97.6 cm³/mol. The molecular weight excluding hydrogens is 316 g/mol. The Morgan fingerprint density at radius 2 is 2.00 bits per heavy atom. The second-order valence-corrected chi connectivity index (χ2v) is 5.70. The Morgan fingerprint density at radius 3 is 2.68 bits per heavy atom. The largest absolute Gasteiger partial charge is 0.491 e. The number of carbonyl (C=O) groups excluding carboxylic acids is 1. The molecule has 1 heterocycles. The zero-order valence-corrected chi connectivity index (χ0v) is 15.2. The molecule has 6 heteroatoms. The number of urea groups is 1. The molecule has 0 atom stereocenters. The van der Waals surface area contributed by atoms with Gasteiger partial charge in [-0.15, -0.1) is 0 Å². The topological polar surface area (TPSA) is 67.3 Å². The predicted octanol–water partition coefficient (Wildman–Crippen LogP) is 2.96. The maximum atomic E-state index is 12.3. The molecule has 1 aromatic heterocycles. The number of hydrogen-bond donors (Lipinski definition) is 1. The number of amides is 2. The molecule has 0 aliphatic rings. The molecule has 1 N–H and O–H groups in total. The fourth-order valence-electron chi connectivity index (χ4n) is 2.39. The summed E-state index contributed by atoms with van der Waals surface area (Å²) in [6, 6.07) is 7.86. The van der Waals surface area contributed by atoms with Crippen molar-refractivity contribution >= 4 is 6.03 Å². The van der Waals surface area contributed by atoms with Gasteiger partial charge in [-0.3, -0.25) is 9.97 Å². The number of aromatic nitrogens is 2. The molecule has 0 saturated heterocycles. The molecule has 1 aromatic carbocycles. The number of aryl methyl sites for hydroxylation is 2. The third-order valence-electron chi connectivity index (χ3n) is 3.90. The van der Waals surface area contributed by atoms with Crippen LogP contribution in [0.1, 0.15) is 30.8 Å².